The molecule has 0 amide bonds. The maximum absolute atomic E-state index is 12.8. The number of anilines is 2. The van der Waals surface area contributed by atoms with Crippen molar-refractivity contribution in [2.24, 2.45) is 0 Å². The van der Waals surface area contributed by atoms with Gasteiger partial charge in [-0.05, 0) is 69.6 Å². The predicted molar refractivity (Wildman–Crippen MR) is 154 cm³/mol. The number of aromatic amines is 2. The summed E-state index contributed by atoms with van der Waals surface area (Å²) >= 11 is 0. The van der Waals surface area contributed by atoms with E-state index in [0.717, 1.165) is 40.7 Å². The average molecular weight is 546 g/mol. The van der Waals surface area contributed by atoms with E-state index >= 15 is 0 Å². The van der Waals surface area contributed by atoms with E-state index in [2.05, 4.69) is 62.9 Å². The zero-order chi connectivity index (χ0) is 27.1. The molecule has 10 nitrogen and oxygen atoms in total. The van der Waals surface area contributed by atoms with Gasteiger partial charge in [0.25, 0.3) is 10.0 Å². The molecule has 0 bridgehead atoms. The van der Waals surface area contributed by atoms with Gasteiger partial charge in [0.05, 0.1) is 34.2 Å². The molecule has 39 heavy (non-hydrogen) atoms. The Bertz CT molecular complexity index is 1730. The number of rotatable bonds is 7. The van der Waals surface area contributed by atoms with E-state index in [-0.39, 0.29) is 17.0 Å². The largest absolute Gasteiger partial charge is 0.373 e. The number of H-pyrrole nitrogens is 2. The zero-order valence-corrected chi connectivity index (χ0v) is 22.9. The standard InChI is InChI=1S/C28H31N7O3S/c1-18-17-38-21(15-34(2)3)16-35(18)20-10-12-25-26(14-20)30-28(29-25)27-23-13-19(9-11-24(23)31-32-27)33-39(36,37)22-7-5-4-6-8-22/h4-14,18,21,33H,15-17H2,1-3H3,(H,29,30)(H,31,32). The van der Waals surface area contributed by atoms with E-state index in [1.807, 2.05) is 6.07 Å². The molecule has 1 aliphatic heterocycles. The van der Waals surface area contributed by atoms with Crippen LogP contribution in [0.2, 0.25) is 0 Å². The zero-order valence-electron chi connectivity index (χ0n) is 22.0. The molecule has 3 heterocycles. The molecular weight excluding hydrogens is 514 g/mol. The first kappa shape index (κ1) is 25.4. The molecule has 0 spiro atoms. The molecule has 3 N–H and O–H groups in total. The van der Waals surface area contributed by atoms with Crippen molar-refractivity contribution in [1.82, 2.24) is 25.1 Å². The minimum Gasteiger partial charge on any atom is -0.373 e. The highest BCUT2D eigenvalue weighted by atomic mass is 32.2. The smallest absolute Gasteiger partial charge is 0.261 e. The van der Waals surface area contributed by atoms with Crippen LogP contribution in [0.25, 0.3) is 33.5 Å². The lowest BCUT2D eigenvalue weighted by Crippen LogP contribution is -2.51. The van der Waals surface area contributed by atoms with Crippen molar-refractivity contribution in [3.63, 3.8) is 0 Å². The number of sulfonamides is 1. The molecule has 5 aromatic rings. The van der Waals surface area contributed by atoms with E-state index in [0.29, 0.717) is 23.8 Å². The minimum absolute atomic E-state index is 0.146. The van der Waals surface area contributed by atoms with Crippen molar-refractivity contribution in [2.75, 3.05) is 43.4 Å². The predicted octanol–water partition coefficient (Wildman–Crippen LogP) is 4.06. The number of fused-ring (bicyclic) bond motifs is 2. The number of imidazole rings is 1. The van der Waals surface area contributed by atoms with E-state index in [9.17, 15) is 8.42 Å². The summed E-state index contributed by atoms with van der Waals surface area (Å²) in [6, 6.07) is 20.1. The van der Waals surface area contributed by atoms with Crippen molar-refractivity contribution >= 4 is 43.3 Å². The SMILES string of the molecule is CC1COC(CN(C)C)CN1c1ccc2nc(-c3n[nH]c4ccc(NS(=O)(=O)c5ccccc5)cc34)[nH]c2c1. The van der Waals surface area contributed by atoms with Gasteiger partial charge in [0.15, 0.2) is 5.82 Å². The lowest BCUT2D eigenvalue weighted by molar-refractivity contribution is 0.00880. The summed E-state index contributed by atoms with van der Waals surface area (Å²) < 4.78 is 34.4. The molecule has 2 aromatic heterocycles. The number of ether oxygens (including phenoxy) is 1. The quantitative estimate of drug-likeness (QED) is 0.282. The van der Waals surface area contributed by atoms with Crippen molar-refractivity contribution in [3.05, 3.63) is 66.7 Å². The number of hydrogen-bond donors (Lipinski definition) is 3. The number of aromatic nitrogens is 4. The van der Waals surface area contributed by atoms with Crippen molar-refractivity contribution in [2.45, 2.75) is 24.0 Å². The van der Waals surface area contributed by atoms with E-state index < -0.39 is 10.0 Å². The first-order valence-electron chi connectivity index (χ1n) is 12.9. The Morgan fingerprint density at radius 1 is 1.08 bits per heavy atom. The van der Waals surface area contributed by atoms with Crippen LogP contribution in [-0.4, -0.2) is 79.4 Å². The molecule has 1 saturated heterocycles. The third-order valence-electron chi connectivity index (χ3n) is 6.96. The molecule has 2 unspecified atom stereocenters. The molecule has 1 fully saturated rings. The van der Waals surface area contributed by atoms with Gasteiger partial charge in [0.2, 0.25) is 0 Å². The maximum atomic E-state index is 12.8. The fourth-order valence-electron chi connectivity index (χ4n) is 5.06. The first-order chi connectivity index (χ1) is 18.8. The highest BCUT2D eigenvalue weighted by molar-refractivity contribution is 7.92. The summed E-state index contributed by atoms with van der Waals surface area (Å²) in [6.45, 7) is 4.54. The molecule has 0 aliphatic carbocycles. The van der Waals surface area contributed by atoms with E-state index in [4.69, 9.17) is 9.72 Å². The fourth-order valence-corrected chi connectivity index (χ4v) is 6.13. The number of nitrogens with zero attached hydrogens (tertiary/aromatic N) is 4. The van der Waals surface area contributed by atoms with Gasteiger partial charge in [-0.3, -0.25) is 9.82 Å². The van der Waals surface area contributed by atoms with Gasteiger partial charge in [0, 0.05) is 35.9 Å². The molecule has 11 heteroatoms. The number of morpholine rings is 1. The monoisotopic (exact) mass is 545 g/mol. The Morgan fingerprint density at radius 2 is 1.90 bits per heavy atom. The van der Waals surface area contributed by atoms with Crippen LogP contribution in [0.4, 0.5) is 11.4 Å². The van der Waals surface area contributed by atoms with E-state index in [1.54, 1.807) is 48.5 Å². The Morgan fingerprint density at radius 3 is 2.69 bits per heavy atom. The van der Waals surface area contributed by atoms with Gasteiger partial charge in [-0.15, -0.1) is 0 Å². The topological polar surface area (TPSA) is 119 Å². The van der Waals surface area contributed by atoms with Gasteiger partial charge < -0.3 is 19.5 Å². The van der Waals surface area contributed by atoms with Crippen LogP contribution in [-0.2, 0) is 14.8 Å². The van der Waals surface area contributed by atoms with E-state index in [1.165, 1.54) is 0 Å². The third kappa shape index (κ3) is 5.08. The van der Waals surface area contributed by atoms with Crippen LogP contribution < -0.4 is 9.62 Å². The molecule has 202 valence electrons. The molecule has 6 rings (SSSR count). The third-order valence-corrected chi connectivity index (χ3v) is 8.36. The number of benzene rings is 3. The van der Waals surface area contributed by atoms with Gasteiger partial charge in [0.1, 0.15) is 5.69 Å². The Balaban J connectivity index is 1.30. The van der Waals surface area contributed by atoms with Gasteiger partial charge in [-0.2, -0.15) is 5.10 Å². The number of hydrogen-bond acceptors (Lipinski definition) is 7. The molecule has 3 aromatic carbocycles. The van der Waals surface area contributed by atoms with Crippen molar-refractivity contribution < 1.29 is 13.2 Å². The van der Waals surface area contributed by atoms with Crippen LogP contribution >= 0.6 is 0 Å². The summed E-state index contributed by atoms with van der Waals surface area (Å²) in [4.78, 5) is 12.9. The highest BCUT2D eigenvalue weighted by Crippen LogP contribution is 2.31. The summed E-state index contributed by atoms with van der Waals surface area (Å²) in [5, 5.41) is 8.28. The number of nitrogens with one attached hydrogen (secondary N) is 3. The molecule has 0 saturated carbocycles. The van der Waals surface area contributed by atoms with Gasteiger partial charge in [-0.25, -0.2) is 13.4 Å². The molecule has 0 radical (unpaired) electrons. The number of likely N-dealkylation sites (N-methyl/N-ethyl adjacent to an activating group) is 1. The molecule has 2 atom stereocenters. The second-order valence-electron chi connectivity index (χ2n) is 10.3. The second kappa shape index (κ2) is 9.99. The molecular formula is C28H31N7O3S. The van der Waals surface area contributed by atoms with Crippen LogP contribution in [0.15, 0.2) is 71.6 Å². The normalized spacial score (nSPS) is 18.3. The Hall–Kier alpha value is -3.93. The van der Waals surface area contributed by atoms with Crippen LogP contribution in [0, 0.1) is 0 Å². The van der Waals surface area contributed by atoms with Crippen LogP contribution in [0.1, 0.15) is 6.92 Å². The minimum atomic E-state index is -3.71. The second-order valence-corrected chi connectivity index (χ2v) is 11.9. The highest BCUT2D eigenvalue weighted by Gasteiger charge is 2.27. The summed E-state index contributed by atoms with van der Waals surface area (Å²) in [5.41, 5.74) is 4.69. The fraction of sp³-hybridized carbons (Fsp3) is 0.286. The van der Waals surface area contributed by atoms with Crippen LogP contribution in [0.5, 0.6) is 0 Å². The maximum Gasteiger partial charge on any atom is 0.261 e. The Labute approximate surface area is 227 Å². The lowest BCUT2D eigenvalue weighted by Gasteiger charge is -2.40. The van der Waals surface area contributed by atoms with Crippen LogP contribution in [0.3, 0.4) is 0 Å². The first-order valence-corrected chi connectivity index (χ1v) is 14.3. The summed E-state index contributed by atoms with van der Waals surface area (Å²) in [5.74, 6) is 0.608. The summed E-state index contributed by atoms with van der Waals surface area (Å²) in [6.07, 6.45) is 0.146. The Kier molecular flexibility index (Phi) is 6.49. The average Bonchev–Trinajstić information content (AvgIpc) is 3.53. The van der Waals surface area contributed by atoms with Gasteiger partial charge >= 0.3 is 0 Å². The molecule has 1 aliphatic rings. The van der Waals surface area contributed by atoms with Crippen molar-refractivity contribution in [3.8, 4) is 11.5 Å². The van der Waals surface area contributed by atoms with Crippen molar-refractivity contribution in [1.29, 1.82) is 0 Å². The lowest BCUT2D eigenvalue weighted by atomic mass is 10.1. The van der Waals surface area contributed by atoms with Gasteiger partial charge in [-0.1, -0.05) is 18.2 Å². The summed E-state index contributed by atoms with van der Waals surface area (Å²) in [7, 11) is 0.405.